The maximum Gasteiger partial charge on any atom is 0.243 e. The van der Waals surface area contributed by atoms with Gasteiger partial charge in [-0.05, 0) is 11.1 Å². The Morgan fingerprint density at radius 2 is 1.54 bits per heavy atom. The third kappa shape index (κ3) is 8.74. The summed E-state index contributed by atoms with van der Waals surface area (Å²) in [6.07, 6.45) is 7.91. The minimum Gasteiger partial charge on any atom is -0.780 e. The standard InChI is InChI=1S/C14H15O3PS.C7H11N2/c15-18(19,16-11-13-7-3-1-4-8-13)17-12-14-9-5-2-6-10-14;1-3-4-9-6-5-8(2)7-9/h1-10H,11-12H2,(H,15,19);3,5-7H,1,4H2,2H3/q;+1/p-1. The van der Waals surface area contributed by atoms with Gasteiger partial charge in [0.15, 0.2) is 0 Å². The van der Waals surface area contributed by atoms with E-state index < -0.39 is 6.72 Å². The van der Waals surface area contributed by atoms with Crippen molar-refractivity contribution >= 4 is 18.5 Å². The third-order valence-electron chi connectivity index (χ3n) is 3.63. The van der Waals surface area contributed by atoms with Crippen molar-refractivity contribution < 1.29 is 18.5 Å². The van der Waals surface area contributed by atoms with Crippen LogP contribution in [0.3, 0.4) is 0 Å². The van der Waals surface area contributed by atoms with Crippen molar-refractivity contribution in [1.82, 2.24) is 4.57 Å². The molecule has 0 N–H and O–H groups in total. The summed E-state index contributed by atoms with van der Waals surface area (Å²) < 4.78 is 14.4. The van der Waals surface area contributed by atoms with E-state index in [9.17, 15) is 4.89 Å². The number of benzene rings is 2. The second kappa shape index (κ2) is 11.7. The van der Waals surface area contributed by atoms with Gasteiger partial charge in [-0.2, -0.15) is 0 Å². The van der Waals surface area contributed by atoms with E-state index in [1.54, 1.807) is 0 Å². The second-order valence-corrected chi connectivity index (χ2v) is 8.78. The fourth-order valence-electron chi connectivity index (χ4n) is 2.25. The molecular weight excluding hydrogens is 391 g/mol. The molecule has 0 saturated carbocycles. The van der Waals surface area contributed by atoms with Crippen LogP contribution in [-0.2, 0) is 47.7 Å². The van der Waals surface area contributed by atoms with Crippen molar-refractivity contribution in [2.24, 2.45) is 7.05 Å². The van der Waals surface area contributed by atoms with E-state index in [-0.39, 0.29) is 13.2 Å². The van der Waals surface area contributed by atoms with Crippen LogP contribution >= 0.6 is 6.72 Å². The molecule has 3 rings (SSSR count). The molecule has 0 radical (unpaired) electrons. The van der Waals surface area contributed by atoms with Crippen LogP contribution in [-0.4, -0.2) is 4.57 Å². The molecule has 0 atom stereocenters. The van der Waals surface area contributed by atoms with Gasteiger partial charge in [-0.1, -0.05) is 85.1 Å². The Balaban J connectivity index is 0.000000261. The average Bonchev–Trinajstić information content (AvgIpc) is 3.12. The van der Waals surface area contributed by atoms with Crippen molar-refractivity contribution in [3.63, 3.8) is 0 Å². The predicted molar refractivity (Wildman–Crippen MR) is 113 cm³/mol. The molecule has 0 aliphatic rings. The van der Waals surface area contributed by atoms with Crippen LogP contribution in [0.1, 0.15) is 11.1 Å². The zero-order valence-electron chi connectivity index (χ0n) is 15.9. The van der Waals surface area contributed by atoms with Crippen molar-refractivity contribution in [2.45, 2.75) is 19.8 Å². The lowest BCUT2D eigenvalue weighted by Gasteiger charge is -2.27. The molecule has 5 nitrogen and oxygen atoms in total. The van der Waals surface area contributed by atoms with Crippen molar-refractivity contribution in [3.8, 4) is 0 Å². The van der Waals surface area contributed by atoms with E-state index in [1.165, 1.54) is 0 Å². The summed E-state index contributed by atoms with van der Waals surface area (Å²) in [4.78, 5) is 11.9. The van der Waals surface area contributed by atoms with Gasteiger partial charge < -0.3 is 13.9 Å². The van der Waals surface area contributed by atoms with Gasteiger partial charge in [-0.15, -0.1) is 0 Å². The van der Waals surface area contributed by atoms with Crippen molar-refractivity contribution in [2.75, 3.05) is 0 Å². The van der Waals surface area contributed by atoms with E-state index in [0.717, 1.165) is 17.7 Å². The lowest BCUT2D eigenvalue weighted by atomic mass is 10.2. The number of aromatic nitrogens is 2. The van der Waals surface area contributed by atoms with Gasteiger partial charge in [0.1, 0.15) is 25.7 Å². The van der Waals surface area contributed by atoms with E-state index >= 15 is 0 Å². The highest BCUT2D eigenvalue weighted by atomic mass is 32.5. The number of hydrogen-bond acceptors (Lipinski definition) is 4. The van der Waals surface area contributed by atoms with Gasteiger partial charge in [0, 0.05) is 0 Å². The van der Waals surface area contributed by atoms with Gasteiger partial charge in [-0.3, -0.25) is 0 Å². The van der Waals surface area contributed by atoms with Gasteiger partial charge in [0.2, 0.25) is 6.33 Å². The summed E-state index contributed by atoms with van der Waals surface area (Å²) in [7, 11) is 2.00. The molecule has 0 spiro atoms. The first kappa shape index (κ1) is 22.2. The quantitative estimate of drug-likeness (QED) is 0.320. The molecule has 0 aliphatic heterocycles. The molecule has 0 saturated heterocycles. The summed E-state index contributed by atoms with van der Waals surface area (Å²) in [5.74, 6) is 0. The molecule has 0 aliphatic carbocycles. The van der Waals surface area contributed by atoms with Crippen LogP contribution in [0, 0.1) is 0 Å². The lowest BCUT2D eigenvalue weighted by molar-refractivity contribution is -0.671. The van der Waals surface area contributed by atoms with Crippen LogP contribution in [0.15, 0.2) is 92.0 Å². The number of aryl methyl sites for hydroxylation is 1. The normalized spacial score (nSPS) is 10.8. The summed E-state index contributed by atoms with van der Waals surface area (Å²) in [5.41, 5.74) is 1.83. The minimum absolute atomic E-state index is 0.191. The molecule has 0 amide bonds. The first-order valence-corrected chi connectivity index (χ1v) is 11.3. The highest BCUT2D eigenvalue weighted by Gasteiger charge is 2.05. The van der Waals surface area contributed by atoms with Crippen molar-refractivity contribution in [3.05, 3.63) is 103 Å². The number of hydrogen-bond donors (Lipinski definition) is 0. The maximum atomic E-state index is 11.9. The Hall–Kier alpha value is -2.08. The van der Waals surface area contributed by atoms with Gasteiger partial charge in [0.25, 0.3) is 0 Å². The molecule has 148 valence electrons. The zero-order valence-corrected chi connectivity index (χ0v) is 17.6. The Kier molecular flexibility index (Phi) is 9.28. The smallest absolute Gasteiger partial charge is 0.243 e. The van der Waals surface area contributed by atoms with E-state index in [0.29, 0.717) is 0 Å². The first-order valence-electron chi connectivity index (χ1n) is 8.78. The van der Waals surface area contributed by atoms with E-state index in [2.05, 4.69) is 11.1 Å². The SMILES string of the molecule is C=CCn1cc[n+](C)c1.[O-]P(=S)(OCc1ccccc1)OCc1ccccc1. The van der Waals surface area contributed by atoms with Gasteiger partial charge in [0.05, 0.1) is 20.3 Å². The maximum absolute atomic E-state index is 11.9. The van der Waals surface area contributed by atoms with E-state index in [1.807, 2.05) is 97.1 Å². The van der Waals surface area contributed by atoms with Crippen LogP contribution in [0.25, 0.3) is 0 Å². The highest BCUT2D eigenvalue weighted by Crippen LogP contribution is 2.40. The van der Waals surface area contributed by atoms with Crippen LogP contribution in [0.2, 0.25) is 0 Å². The number of nitrogens with zero attached hydrogens (tertiary/aromatic N) is 2. The predicted octanol–water partition coefficient (Wildman–Crippen LogP) is 3.50. The third-order valence-corrected chi connectivity index (χ3v) is 5.15. The number of rotatable bonds is 8. The fourth-order valence-corrected chi connectivity index (χ4v) is 3.26. The van der Waals surface area contributed by atoms with Crippen LogP contribution < -0.4 is 9.46 Å². The minimum atomic E-state index is -3.44. The fraction of sp³-hybridized carbons (Fsp3) is 0.190. The molecule has 7 heteroatoms. The Morgan fingerprint density at radius 3 is 1.93 bits per heavy atom. The largest absolute Gasteiger partial charge is 0.780 e. The molecule has 1 aromatic heterocycles. The number of allylic oxidation sites excluding steroid dienone is 1. The summed E-state index contributed by atoms with van der Waals surface area (Å²) in [5, 5.41) is 0. The molecule has 2 aromatic carbocycles. The number of imidazole rings is 1. The lowest BCUT2D eigenvalue weighted by Crippen LogP contribution is -2.23. The molecule has 0 bridgehead atoms. The average molecular weight is 416 g/mol. The Bertz CT molecular complexity index is 837. The zero-order chi connectivity index (χ0) is 20.2. The van der Waals surface area contributed by atoms with Crippen molar-refractivity contribution in [1.29, 1.82) is 0 Å². The Labute approximate surface area is 171 Å². The highest BCUT2D eigenvalue weighted by molar-refractivity contribution is 8.06. The molecule has 28 heavy (non-hydrogen) atoms. The monoisotopic (exact) mass is 416 g/mol. The van der Waals surface area contributed by atoms with Crippen LogP contribution in [0.5, 0.6) is 0 Å². The Morgan fingerprint density at radius 1 is 1.04 bits per heavy atom. The topological polar surface area (TPSA) is 50.3 Å². The summed E-state index contributed by atoms with van der Waals surface area (Å²) in [6, 6.07) is 18.9. The summed E-state index contributed by atoms with van der Waals surface area (Å²) >= 11 is 4.85. The first-order chi connectivity index (χ1) is 13.5. The molecular formula is C21H25N2O3PS. The van der Waals surface area contributed by atoms with Gasteiger partial charge in [-0.25, -0.2) is 9.13 Å². The molecule has 3 aromatic rings. The molecule has 0 fully saturated rings. The van der Waals surface area contributed by atoms with Crippen LogP contribution in [0.4, 0.5) is 0 Å². The van der Waals surface area contributed by atoms with E-state index in [4.69, 9.17) is 20.9 Å². The summed E-state index contributed by atoms with van der Waals surface area (Å²) in [6.45, 7) is 1.47. The molecule has 0 unspecified atom stereocenters. The second-order valence-electron chi connectivity index (χ2n) is 6.03. The molecule has 1 heterocycles. The van der Waals surface area contributed by atoms with Gasteiger partial charge >= 0.3 is 0 Å².